The summed E-state index contributed by atoms with van der Waals surface area (Å²) in [4.78, 5) is 36.5. The monoisotopic (exact) mass is 250 g/mol. The van der Waals surface area contributed by atoms with Gasteiger partial charge in [-0.3, -0.25) is 14.4 Å². The third-order valence-electron chi connectivity index (χ3n) is 3.51. The summed E-state index contributed by atoms with van der Waals surface area (Å²) >= 11 is 0. The molecule has 1 aliphatic carbocycles. The fourth-order valence-corrected chi connectivity index (χ4v) is 2.32. The molecular weight excluding hydrogens is 228 g/mol. The standard InChI is InChI=1S/C15H22O3/c1-3-5-8-12(16)15(11-7-10-14(15)18)13(17)9-6-4-2/h7,11H,3-6,8-10H2,1-2H3. The minimum atomic E-state index is -1.43. The van der Waals surface area contributed by atoms with E-state index in [1.54, 1.807) is 12.2 Å². The van der Waals surface area contributed by atoms with Crippen LogP contribution in [-0.4, -0.2) is 17.3 Å². The van der Waals surface area contributed by atoms with Crippen LogP contribution in [0, 0.1) is 5.41 Å². The number of Topliss-reactive ketones (excluding diaryl/α,β-unsaturated/α-hetero) is 3. The highest BCUT2D eigenvalue weighted by atomic mass is 16.2. The lowest BCUT2D eigenvalue weighted by Gasteiger charge is -2.22. The lowest BCUT2D eigenvalue weighted by Crippen LogP contribution is -2.42. The number of hydrogen-bond acceptors (Lipinski definition) is 3. The highest BCUT2D eigenvalue weighted by Gasteiger charge is 2.49. The maximum Gasteiger partial charge on any atom is 0.164 e. The van der Waals surface area contributed by atoms with E-state index in [0.29, 0.717) is 12.8 Å². The first-order valence-corrected chi connectivity index (χ1v) is 6.87. The van der Waals surface area contributed by atoms with Gasteiger partial charge >= 0.3 is 0 Å². The first kappa shape index (κ1) is 14.8. The van der Waals surface area contributed by atoms with E-state index in [9.17, 15) is 14.4 Å². The number of allylic oxidation sites excluding steroid dienone is 2. The summed E-state index contributed by atoms with van der Waals surface area (Å²) in [6.07, 6.45) is 7.34. The molecule has 3 nitrogen and oxygen atoms in total. The smallest absolute Gasteiger partial charge is 0.164 e. The van der Waals surface area contributed by atoms with Crippen molar-refractivity contribution in [2.75, 3.05) is 0 Å². The number of ketones is 3. The van der Waals surface area contributed by atoms with Crippen LogP contribution in [0.5, 0.6) is 0 Å². The molecule has 0 aromatic heterocycles. The lowest BCUT2D eigenvalue weighted by molar-refractivity contribution is -0.144. The molecule has 1 rings (SSSR count). The predicted octanol–water partition coefficient (Wildman–Crippen LogP) is 3.02. The van der Waals surface area contributed by atoms with E-state index in [1.807, 2.05) is 13.8 Å². The van der Waals surface area contributed by atoms with Crippen LogP contribution >= 0.6 is 0 Å². The van der Waals surface area contributed by atoms with Gasteiger partial charge < -0.3 is 0 Å². The molecule has 0 amide bonds. The van der Waals surface area contributed by atoms with Gasteiger partial charge in [0.1, 0.15) is 0 Å². The van der Waals surface area contributed by atoms with Crippen molar-refractivity contribution in [3.8, 4) is 0 Å². The van der Waals surface area contributed by atoms with Crippen molar-refractivity contribution in [3.05, 3.63) is 12.2 Å². The molecule has 0 spiro atoms. The third-order valence-corrected chi connectivity index (χ3v) is 3.51. The molecule has 0 bridgehead atoms. The Balaban J connectivity index is 2.89. The summed E-state index contributed by atoms with van der Waals surface area (Å²) in [5, 5.41) is 0. The van der Waals surface area contributed by atoms with E-state index in [4.69, 9.17) is 0 Å². The van der Waals surface area contributed by atoms with Crippen molar-refractivity contribution in [3.63, 3.8) is 0 Å². The second-order valence-corrected chi connectivity index (χ2v) is 4.89. The highest BCUT2D eigenvalue weighted by Crippen LogP contribution is 2.34. The molecule has 0 N–H and O–H groups in total. The lowest BCUT2D eigenvalue weighted by atomic mass is 9.74. The minimum absolute atomic E-state index is 0.204. The molecule has 0 fully saturated rings. The zero-order valence-corrected chi connectivity index (χ0v) is 11.3. The molecule has 18 heavy (non-hydrogen) atoms. The molecule has 1 aliphatic rings. The van der Waals surface area contributed by atoms with Crippen molar-refractivity contribution in [2.24, 2.45) is 5.41 Å². The summed E-state index contributed by atoms with van der Waals surface area (Å²) in [6, 6.07) is 0. The van der Waals surface area contributed by atoms with E-state index >= 15 is 0 Å². The Labute approximate surface area is 109 Å². The van der Waals surface area contributed by atoms with Crippen molar-refractivity contribution in [1.82, 2.24) is 0 Å². The molecule has 0 atom stereocenters. The number of unbranched alkanes of at least 4 members (excludes halogenated alkanes) is 2. The van der Waals surface area contributed by atoms with Gasteiger partial charge in [-0.2, -0.15) is 0 Å². The Bertz CT molecular complexity index is 346. The molecule has 0 aromatic rings. The summed E-state index contributed by atoms with van der Waals surface area (Å²) in [6.45, 7) is 3.98. The van der Waals surface area contributed by atoms with Crippen LogP contribution < -0.4 is 0 Å². The number of carbonyl (C=O) groups is 3. The van der Waals surface area contributed by atoms with E-state index in [-0.39, 0.29) is 23.8 Å². The second-order valence-electron chi connectivity index (χ2n) is 4.89. The van der Waals surface area contributed by atoms with Crippen LogP contribution in [0.3, 0.4) is 0 Å². The van der Waals surface area contributed by atoms with Crippen LogP contribution in [-0.2, 0) is 14.4 Å². The quantitative estimate of drug-likeness (QED) is 0.491. The average molecular weight is 250 g/mol. The minimum Gasteiger partial charge on any atom is -0.298 e. The van der Waals surface area contributed by atoms with Gasteiger partial charge in [-0.15, -0.1) is 0 Å². The van der Waals surface area contributed by atoms with Crippen LogP contribution in [0.1, 0.15) is 58.8 Å². The van der Waals surface area contributed by atoms with Crippen LogP contribution in [0.15, 0.2) is 12.2 Å². The van der Waals surface area contributed by atoms with Crippen molar-refractivity contribution >= 4 is 17.3 Å². The molecule has 3 heteroatoms. The molecule has 100 valence electrons. The molecule has 0 saturated carbocycles. The normalized spacial score (nSPS) is 17.1. The van der Waals surface area contributed by atoms with E-state index in [0.717, 1.165) is 25.7 Å². The van der Waals surface area contributed by atoms with Gasteiger partial charge in [-0.25, -0.2) is 0 Å². The molecule has 0 heterocycles. The fraction of sp³-hybridized carbons (Fsp3) is 0.667. The van der Waals surface area contributed by atoms with Crippen molar-refractivity contribution < 1.29 is 14.4 Å². The van der Waals surface area contributed by atoms with Crippen LogP contribution in [0.4, 0.5) is 0 Å². The van der Waals surface area contributed by atoms with Gasteiger partial charge in [0.25, 0.3) is 0 Å². The molecule has 0 radical (unpaired) electrons. The Kier molecular flexibility index (Phi) is 5.45. The molecule has 0 aromatic carbocycles. The van der Waals surface area contributed by atoms with E-state index in [2.05, 4.69) is 0 Å². The largest absolute Gasteiger partial charge is 0.298 e. The zero-order valence-electron chi connectivity index (χ0n) is 11.3. The molecule has 0 aliphatic heterocycles. The summed E-state index contributed by atoms with van der Waals surface area (Å²) < 4.78 is 0. The second kappa shape index (κ2) is 6.62. The SMILES string of the molecule is CCCCC(=O)C1(C(=O)CCCC)C=CCC1=O. The third kappa shape index (κ3) is 2.77. The molecule has 0 saturated heterocycles. The number of rotatable bonds is 8. The maximum absolute atomic E-state index is 12.2. The fourth-order valence-electron chi connectivity index (χ4n) is 2.32. The summed E-state index contributed by atoms with van der Waals surface area (Å²) in [7, 11) is 0. The first-order chi connectivity index (χ1) is 8.59. The Hall–Kier alpha value is -1.25. The van der Waals surface area contributed by atoms with Gasteiger partial charge in [0, 0.05) is 19.3 Å². The summed E-state index contributed by atoms with van der Waals surface area (Å²) in [5.41, 5.74) is -1.43. The van der Waals surface area contributed by atoms with E-state index < -0.39 is 5.41 Å². The molecule has 0 unspecified atom stereocenters. The zero-order chi connectivity index (χ0) is 13.6. The Morgan fingerprint density at radius 1 is 1.11 bits per heavy atom. The topological polar surface area (TPSA) is 51.2 Å². The van der Waals surface area contributed by atoms with Gasteiger partial charge in [0.05, 0.1) is 0 Å². The van der Waals surface area contributed by atoms with Crippen molar-refractivity contribution in [1.29, 1.82) is 0 Å². The van der Waals surface area contributed by atoms with Gasteiger partial charge in [0.2, 0.25) is 0 Å². The first-order valence-electron chi connectivity index (χ1n) is 6.87. The Morgan fingerprint density at radius 2 is 1.61 bits per heavy atom. The van der Waals surface area contributed by atoms with Crippen LogP contribution in [0.25, 0.3) is 0 Å². The maximum atomic E-state index is 12.2. The number of hydrogen-bond donors (Lipinski definition) is 0. The van der Waals surface area contributed by atoms with Crippen LogP contribution in [0.2, 0.25) is 0 Å². The van der Waals surface area contributed by atoms with Gasteiger partial charge in [-0.1, -0.05) is 38.8 Å². The highest BCUT2D eigenvalue weighted by molar-refractivity contribution is 6.27. The van der Waals surface area contributed by atoms with Gasteiger partial charge in [-0.05, 0) is 12.8 Å². The molecular formula is C15H22O3. The van der Waals surface area contributed by atoms with Crippen molar-refractivity contribution in [2.45, 2.75) is 58.8 Å². The Morgan fingerprint density at radius 3 is 1.94 bits per heavy atom. The van der Waals surface area contributed by atoms with E-state index in [1.165, 1.54) is 0 Å². The predicted molar refractivity (Wildman–Crippen MR) is 70.3 cm³/mol. The average Bonchev–Trinajstić information content (AvgIpc) is 2.75. The summed E-state index contributed by atoms with van der Waals surface area (Å²) in [5.74, 6) is -0.641. The van der Waals surface area contributed by atoms with Gasteiger partial charge in [0.15, 0.2) is 22.8 Å². The number of carbonyl (C=O) groups excluding carboxylic acids is 3.